The molecular weight excluding hydrogens is 188 g/mol. The van der Waals surface area contributed by atoms with Crippen molar-refractivity contribution in [3.63, 3.8) is 0 Å². The Balaban J connectivity index is 3.37. The molecule has 76 valence electrons. The molecule has 1 aromatic carbocycles. The van der Waals surface area contributed by atoms with E-state index in [0.29, 0.717) is 5.57 Å². The van der Waals surface area contributed by atoms with Gasteiger partial charge in [0.05, 0.1) is 0 Å². The zero-order chi connectivity index (χ0) is 11.4. The molecule has 0 saturated carbocycles. The fourth-order valence-corrected chi connectivity index (χ4v) is 1.45. The summed E-state index contributed by atoms with van der Waals surface area (Å²) in [7, 11) is 0. The second-order valence-electron chi connectivity index (χ2n) is 3.29. The number of nitrogens with zero attached hydrogens (tertiary/aromatic N) is 1. The van der Waals surface area contributed by atoms with Crippen LogP contribution >= 0.6 is 0 Å². The van der Waals surface area contributed by atoms with Crippen molar-refractivity contribution in [2.24, 2.45) is 5.73 Å². The Morgan fingerprint density at radius 2 is 2.00 bits per heavy atom. The van der Waals surface area contributed by atoms with Gasteiger partial charge in [0.1, 0.15) is 11.6 Å². The minimum Gasteiger partial charge on any atom is -0.365 e. The maximum atomic E-state index is 11.0. The molecule has 0 atom stereocenters. The lowest BCUT2D eigenvalue weighted by Gasteiger charge is -2.06. The molecule has 0 aliphatic carbocycles. The van der Waals surface area contributed by atoms with E-state index in [9.17, 15) is 4.79 Å². The van der Waals surface area contributed by atoms with E-state index >= 15 is 0 Å². The van der Waals surface area contributed by atoms with Crippen LogP contribution in [0, 0.1) is 18.3 Å². The van der Waals surface area contributed by atoms with E-state index in [-0.39, 0.29) is 5.57 Å². The molecular formula is C12H12N2O. The third-order valence-corrected chi connectivity index (χ3v) is 2.28. The van der Waals surface area contributed by atoms with Crippen molar-refractivity contribution in [1.82, 2.24) is 0 Å². The van der Waals surface area contributed by atoms with Crippen molar-refractivity contribution in [2.75, 3.05) is 0 Å². The first-order chi connectivity index (χ1) is 7.07. The lowest BCUT2D eigenvalue weighted by Crippen LogP contribution is -2.14. The van der Waals surface area contributed by atoms with Crippen molar-refractivity contribution in [3.05, 3.63) is 41.0 Å². The second kappa shape index (κ2) is 4.43. The van der Waals surface area contributed by atoms with Gasteiger partial charge in [0.25, 0.3) is 5.91 Å². The molecule has 0 spiro atoms. The highest BCUT2D eigenvalue weighted by molar-refractivity contribution is 6.03. The highest BCUT2D eigenvalue weighted by Gasteiger charge is 2.11. The molecule has 0 fully saturated rings. The Kier molecular flexibility index (Phi) is 3.25. The van der Waals surface area contributed by atoms with Crippen molar-refractivity contribution in [3.8, 4) is 6.07 Å². The van der Waals surface area contributed by atoms with Gasteiger partial charge >= 0.3 is 0 Å². The van der Waals surface area contributed by atoms with Crippen LogP contribution in [-0.4, -0.2) is 5.91 Å². The molecule has 0 unspecified atom stereocenters. The van der Waals surface area contributed by atoms with Gasteiger partial charge in [-0.1, -0.05) is 24.3 Å². The van der Waals surface area contributed by atoms with Gasteiger partial charge in [-0.25, -0.2) is 0 Å². The predicted molar refractivity (Wildman–Crippen MR) is 58.6 cm³/mol. The molecule has 0 heterocycles. The summed E-state index contributed by atoms with van der Waals surface area (Å²) in [6.45, 7) is 3.65. The van der Waals surface area contributed by atoms with Crippen LogP contribution in [0.1, 0.15) is 18.1 Å². The highest BCUT2D eigenvalue weighted by Crippen LogP contribution is 2.21. The van der Waals surface area contributed by atoms with Crippen LogP contribution in [0.5, 0.6) is 0 Å². The maximum absolute atomic E-state index is 11.0. The SMILES string of the molecule is C/C(=C(\C#N)C(N)=O)c1ccccc1C. The summed E-state index contributed by atoms with van der Waals surface area (Å²) < 4.78 is 0. The quantitative estimate of drug-likeness (QED) is 0.584. The standard InChI is InChI=1S/C12H12N2O/c1-8-5-3-4-6-10(8)9(2)11(7-13)12(14)15/h3-6H,1-2H3,(H2,14,15)/b11-9-. The number of carbonyl (C=O) groups excluding carboxylic acids is 1. The molecule has 0 bridgehead atoms. The number of nitrogens with two attached hydrogens (primary N) is 1. The van der Waals surface area contributed by atoms with Crippen molar-refractivity contribution < 1.29 is 4.79 Å². The Morgan fingerprint density at radius 1 is 1.40 bits per heavy atom. The van der Waals surface area contributed by atoms with Crippen molar-refractivity contribution in [2.45, 2.75) is 13.8 Å². The maximum Gasteiger partial charge on any atom is 0.259 e. The van der Waals surface area contributed by atoms with Crippen LogP contribution in [0.25, 0.3) is 5.57 Å². The minimum absolute atomic E-state index is 0.0179. The van der Waals surface area contributed by atoms with Gasteiger partial charge in [0, 0.05) is 0 Å². The zero-order valence-corrected chi connectivity index (χ0v) is 8.74. The summed E-state index contributed by atoms with van der Waals surface area (Å²) in [6, 6.07) is 9.39. The number of allylic oxidation sites excluding steroid dienone is 1. The van der Waals surface area contributed by atoms with Gasteiger partial charge in [0.15, 0.2) is 0 Å². The molecule has 1 amide bonds. The zero-order valence-electron chi connectivity index (χ0n) is 8.74. The number of benzene rings is 1. The fraction of sp³-hybridized carbons (Fsp3) is 0.167. The van der Waals surface area contributed by atoms with Gasteiger partial charge in [-0.3, -0.25) is 4.79 Å². The van der Waals surface area contributed by atoms with Gasteiger partial charge in [-0.2, -0.15) is 5.26 Å². The summed E-state index contributed by atoms with van der Waals surface area (Å²) in [5.74, 6) is -0.682. The molecule has 0 aromatic heterocycles. The fourth-order valence-electron chi connectivity index (χ4n) is 1.45. The van der Waals surface area contributed by atoms with Crippen LogP contribution < -0.4 is 5.73 Å². The van der Waals surface area contributed by atoms with Crippen LogP contribution in [0.3, 0.4) is 0 Å². The van der Waals surface area contributed by atoms with Crippen molar-refractivity contribution >= 4 is 11.5 Å². The van der Waals surface area contributed by atoms with E-state index in [1.165, 1.54) is 0 Å². The Bertz CT molecular complexity index is 467. The molecule has 0 aliphatic rings. The first kappa shape index (κ1) is 11.0. The van der Waals surface area contributed by atoms with Gasteiger partial charge in [-0.05, 0) is 30.5 Å². The summed E-state index contributed by atoms with van der Waals surface area (Å²) in [4.78, 5) is 11.0. The molecule has 1 rings (SSSR count). The first-order valence-electron chi connectivity index (χ1n) is 4.54. The summed E-state index contributed by atoms with van der Waals surface area (Å²) in [5, 5.41) is 8.81. The van der Waals surface area contributed by atoms with Gasteiger partial charge < -0.3 is 5.73 Å². The number of amides is 1. The third kappa shape index (κ3) is 2.23. The molecule has 2 N–H and O–H groups in total. The second-order valence-corrected chi connectivity index (χ2v) is 3.29. The largest absolute Gasteiger partial charge is 0.365 e. The monoisotopic (exact) mass is 200 g/mol. The average Bonchev–Trinajstić information content (AvgIpc) is 2.18. The van der Waals surface area contributed by atoms with Crippen LogP contribution in [-0.2, 0) is 4.79 Å². The predicted octanol–water partition coefficient (Wildman–Crippen LogP) is 1.78. The molecule has 1 aromatic rings. The Morgan fingerprint density at radius 3 is 2.47 bits per heavy atom. The van der Waals surface area contributed by atoms with Crippen LogP contribution in [0.2, 0.25) is 0 Å². The van der Waals surface area contributed by atoms with E-state index in [4.69, 9.17) is 11.0 Å². The normalized spacial score (nSPS) is 11.5. The molecule has 0 aliphatic heterocycles. The van der Waals surface area contributed by atoms with Gasteiger partial charge in [-0.15, -0.1) is 0 Å². The number of carbonyl (C=O) groups is 1. The summed E-state index contributed by atoms with van der Waals surface area (Å²) in [6.07, 6.45) is 0. The topological polar surface area (TPSA) is 66.9 Å². The summed E-state index contributed by atoms with van der Waals surface area (Å²) >= 11 is 0. The number of hydrogen-bond acceptors (Lipinski definition) is 2. The van der Waals surface area contributed by atoms with E-state index in [1.807, 2.05) is 37.3 Å². The van der Waals surface area contributed by atoms with Crippen LogP contribution in [0.15, 0.2) is 29.8 Å². The third-order valence-electron chi connectivity index (χ3n) is 2.28. The molecule has 3 heteroatoms. The molecule has 15 heavy (non-hydrogen) atoms. The molecule has 0 radical (unpaired) electrons. The molecule has 0 saturated heterocycles. The lowest BCUT2D eigenvalue weighted by molar-refractivity contribution is -0.114. The number of aryl methyl sites for hydroxylation is 1. The van der Waals surface area contributed by atoms with E-state index in [1.54, 1.807) is 6.92 Å². The van der Waals surface area contributed by atoms with E-state index in [2.05, 4.69) is 0 Å². The Hall–Kier alpha value is -2.08. The van der Waals surface area contributed by atoms with E-state index < -0.39 is 5.91 Å². The number of hydrogen-bond donors (Lipinski definition) is 1. The first-order valence-corrected chi connectivity index (χ1v) is 4.54. The summed E-state index contributed by atoms with van der Waals surface area (Å²) in [5.41, 5.74) is 7.66. The average molecular weight is 200 g/mol. The highest BCUT2D eigenvalue weighted by atomic mass is 16.1. The number of primary amides is 1. The van der Waals surface area contributed by atoms with Crippen molar-refractivity contribution in [1.29, 1.82) is 5.26 Å². The number of nitriles is 1. The van der Waals surface area contributed by atoms with E-state index in [0.717, 1.165) is 11.1 Å². The smallest absolute Gasteiger partial charge is 0.259 e. The molecule has 3 nitrogen and oxygen atoms in total. The Labute approximate surface area is 88.8 Å². The van der Waals surface area contributed by atoms with Gasteiger partial charge in [0.2, 0.25) is 0 Å². The lowest BCUT2D eigenvalue weighted by atomic mass is 9.98. The minimum atomic E-state index is -0.682. The van der Waals surface area contributed by atoms with Crippen LogP contribution in [0.4, 0.5) is 0 Å². The number of rotatable bonds is 2.